The van der Waals surface area contributed by atoms with E-state index in [1.165, 1.54) is 5.56 Å². The number of nitrogens with one attached hydrogen (secondary N) is 2. The van der Waals surface area contributed by atoms with Gasteiger partial charge in [-0.2, -0.15) is 0 Å². The summed E-state index contributed by atoms with van der Waals surface area (Å²) in [7, 11) is 0. The van der Waals surface area contributed by atoms with Crippen molar-refractivity contribution >= 4 is 23.2 Å². The third kappa shape index (κ3) is 6.65. The van der Waals surface area contributed by atoms with E-state index in [-0.39, 0.29) is 23.9 Å². The van der Waals surface area contributed by atoms with Crippen molar-refractivity contribution in [1.29, 1.82) is 0 Å². The molecule has 2 heterocycles. The molecule has 30 heavy (non-hydrogen) atoms. The van der Waals surface area contributed by atoms with E-state index in [0.717, 1.165) is 36.6 Å². The van der Waals surface area contributed by atoms with Crippen LogP contribution in [0.25, 0.3) is 0 Å². The standard InChI is InChI=1S/C23H32N4O2S/c1-17(2)24-21(28)15-26-10-12-27(13-11-26)16-22(29)25-23(20-5-4-14-30-20)19-8-6-18(3)7-9-19/h4-9,14,17,23H,10-13,15-16H2,1-3H3,(H,24,28)(H,25,29). The van der Waals surface area contributed by atoms with Crippen LogP contribution in [0.3, 0.4) is 0 Å². The van der Waals surface area contributed by atoms with Gasteiger partial charge in [-0.05, 0) is 37.8 Å². The molecule has 7 heteroatoms. The first-order chi connectivity index (χ1) is 14.4. The molecular weight excluding hydrogens is 396 g/mol. The fourth-order valence-corrected chi connectivity index (χ4v) is 4.42. The van der Waals surface area contributed by atoms with Crippen LogP contribution in [0.2, 0.25) is 0 Å². The molecular formula is C23H32N4O2S. The second-order valence-electron chi connectivity index (χ2n) is 8.20. The molecule has 0 aliphatic carbocycles. The van der Waals surface area contributed by atoms with Gasteiger partial charge in [0.05, 0.1) is 19.1 Å². The average Bonchev–Trinajstić information content (AvgIpc) is 3.22. The van der Waals surface area contributed by atoms with E-state index in [2.05, 4.69) is 57.7 Å². The van der Waals surface area contributed by atoms with E-state index in [1.54, 1.807) is 11.3 Å². The summed E-state index contributed by atoms with van der Waals surface area (Å²) in [6.07, 6.45) is 0. The van der Waals surface area contributed by atoms with Crippen LogP contribution in [0.5, 0.6) is 0 Å². The molecule has 1 unspecified atom stereocenters. The number of carbonyl (C=O) groups excluding carboxylic acids is 2. The highest BCUT2D eigenvalue weighted by molar-refractivity contribution is 7.10. The summed E-state index contributed by atoms with van der Waals surface area (Å²) < 4.78 is 0. The molecule has 1 saturated heterocycles. The molecule has 0 saturated carbocycles. The Hall–Kier alpha value is -2.22. The number of hydrogen-bond acceptors (Lipinski definition) is 5. The Kier molecular flexibility index (Phi) is 8.01. The molecule has 1 aliphatic rings. The van der Waals surface area contributed by atoms with Crippen LogP contribution >= 0.6 is 11.3 Å². The van der Waals surface area contributed by atoms with Gasteiger partial charge in [0.1, 0.15) is 0 Å². The van der Waals surface area contributed by atoms with Crippen molar-refractivity contribution in [2.75, 3.05) is 39.3 Å². The van der Waals surface area contributed by atoms with E-state index >= 15 is 0 Å². The second-order valence-corrected chi connectivity index (χ2v) is 9.18. The van der Waals surface area contributed by atoms with Crippen molar-refractivity contribution < 1.29 is 9.59 Å². The first-order valence-corrected chi connectivity index (χ1v) is 11.4. The zero-order chi connectivity index (χ0) is 21.5. The minimum absolute atomic E-state index is 0.0278. The molecule has 3 rings (SSSR count). The summed E-state index contributed by atoms with van der Waals surface area (Å²) in [4.78, 5) is 30.2. The van der Waals surface area contributed by atoms with Crippen LogP contribution in [0.4, 0.5) is 0 Å². The summed E-state index contributed by atoms with van der Waals surface area (Å²) in [6, 6.07) is 12.4. The molecule has 6 nitrogen and oxygen atoms in total. The molecule has 2 N–H and O–H groups in total. The lowest BCUT2D eigenvalue weighted by molar-refractivity contribution is -0.125. The van der Waals surface area contributed by atoms with Crippen LogP contribution in [0.1, 0.15) is 35.9 Å². The fraction of sp³-hybridized carbons (Fsp3) is 0.478. The highest BCUT2D eigenvalue weighted by Gasteiger charge is 2.23. The van der Waals surface area contributed by atoms with Crippen LogP contribution in [0, 0.1) is 6.92 Å². The van der Waals surface area contributed by atoms with Crippen molar-refractivity contribution in [2.45, 2.75) is 32.9 Å². The number of rotatable bonds is 8. The number of amides is 2. The van der Waals surface area contributed by atoms with Gasteiger partial charge in [0.2, 0.25) is 11.8 Å². The third-order valence-electron chi connectivity index (χ3n) is 5.19. The lowest BCUT2D eigenvalue weighted by Crippen LogP contribution is -2.52. The van der Waals surface area contributed by atoms with Crippen LogP contribution in [0.15, 0.2) is 41.8 Å². The first kappa shape index (κ1) is 22.5. The molecule has 2 aromatic rings. The Balaban J connectivity index is 1.52. The quantitative estimate of drug-likeness (QED) is 0.678. The molecule has 0 bridgehead atoms. The van der Waals surface area contributed by atoms with E-state index in [0.29, 0.717) is 13.1 Å². The van der Waals surface area contributed by atoms with Gasteiger partial charge in [-0.25, -0.2) is 0 Å². The third-order valence-corrected chi connectivity index (χ3v) is 6.13. The lowest BCUT2D eigenvalue weighted by Gasteiger charge is -2.34. The van der Waals surface area contributed by atoms with Crippen LogP contribution in [-0.2, 0) is 9.59 Å². The Morgan fingerprint density at radius 3 is 2.00 bits per heavy atom. The molecule has 1 aliphatic heterocycles. The van der Waals surface area contributed by atoms with Gasteiger partial charge >= 0.3 is 0 Å². The monoisotopic (exact) mass is 428 g/mol. The van der Waals surface area contributed by atoms with Gasteiger partial charge in [-0.1, -0.05) is 35.9 Å². The summed E-state index contributed by atoms with van der Waals surface area (Å²) >= 11 is 1.66. The number of aryl methyl sites for hydroxylation is 1. The van der Waals surface area contributed by atoms with E-state index < -0.39 is 0 Å². The Bertz CT molecular complexity index is 812. The van der Waals surface area contributed by atoms with Crippen molar-refractivity contribution in [1.82, 2.24) is 20.4 Å². The highest BCUT2D eigenvalue weighted by Crippen LogP contribution is 2.26. The van der Waals surface area contributed by atoms with Crippen molar-refractivity contribution in [3.05, 3.63) is 57.8 Å². The lowest BCUT2D eigenvalue weighted by atomic mass is 10.0. The SMILES string of the molecule is Cc1ccc(C(NC(=O)CN2CCN(CC(=O)NC(C)C)CC2)c2cccs2)cc1. The molecule has 162 valence electrons. The number of thiophene rings is 1. The minimum atomic E-state index is -0.126. The molecule has 2 amide bonds. The van der Waals surface area contributed by atoms with Gasteiger partial charge < -0.3 is 10.6 Å². The number of carbonyl (C=O) groups is 2. The zero-order valence-electron chi connectivity index (χ0n) is 18.1. The number of nitrogens with zero attached hydrogens (tertiary/aromatic N) is 2. The second kappa shape index (κ2) is 10.7. The van der Waals surface area contributed by atoms with Gasteiger partial charge in [0.15, 0.2) is 0 Å². The smallest absolute Gasteiger partial charge is 0.234 e. The maximum Gasteiger partial charge on any atom is 0.234 e. The normalized spacial score (nSPS) is 16.4. The molecule has 0 radical (unpaired) electrons. The van der Waals surface area contributed by atoms with E-state index in [4.69, 9.17) is 0 Å². The van der Waals surface area contributed by atoms with E-state index in [9.17, 15) is 9.59 Å². The highest BCUT2D eigenvalue weighted by atomic mass is 32.1. The Morgan fingerprint density at radius 2 is 1.50 bits per heavy atom. The average molecular weight is 429 g/mol. The van der Waals surface area contributed by atoms with Crippen molar-refractivity contribution in [3.63, 3.8) is 0 Å². The summed E-state index contributed by atoms with van der Waals surface area (Å²) in [5.41, 5.74) is 2.30. The predicted octanol–water partition coefficient (Wildman–Crippen LogP) is 2.40. The zero-order valence-corrected chi connectivity index (χ0v) is 18.9. The molecule has 1 atom stereocenters. The van der Waals surface area contributed by atoms with Gasteiger partial charge in [0, 0.05) is 37.1 Å². The topological polar surface area (TPSA) is 64.7 Å². The number of piperazine rings is 1. The molecule has 1 fully saturated rings. The number of benzene rings is 1. The van der Waals surface area contributed by atoms with Crippen LogP contribution < -0.4 is 10.6 Å². The Labute approximate surface area is 183 Å². The van der Waals surface area contributed by atoms with Crippen LogP contribution in [-0.4, -0.2) is 66.9 Å². The van der Waals surface area contributed by atoms with Crippen molar-refractivity contribution in [3.8, 4) is 0 Å². The summed E-state index contributed by atoms with van der Waals surface area (Å²) in [5.74, 6) is 0.0908. The predicted molar refractivity (Wildman–Crippen MR) is 122 cm³/mol. The maximum absolute atomic E-state index is 12.8. The van der Waals surface area contributed by atoms with E-state index in [1.807, 2.05) is 25.3 Å². The van der Waals surface area contributed by atoms with Gasteiger partial charge in [-0.3, -0.25) is 19.4 Å². The minimum Gasteiger partial charge on any atom is -0.353 e. The summed E-state index contributed by atoms with van der Waals surface area (Å²) in [6.45, 7) is 9.97. The summed E-state index contributed by atoms with van der Waals surface area (Å²) in [5, 5.41) is 8.19. The first-order valence-electron chi connectivity index (χ1n) is 10.5. The van der Waals surface area contributed by atoms with Gasteiger partial charge in [-0.15, -0.1) is 11.3 Å². The molecule has 1 aromatic carbocycles. The number of hydrogen-bond donors (Lipinski definition) is 2. The Morgan fingerprint density at radius 1 is 0.933 bits per heavy atom. The van der Waals surface area contributed by atoms with Crippen molar-refractivity contribution in [2.24, 2.45) is 0 Å². The molecule has 0 spiro atoms. The molecule has 1 aromatic heterocycles. The largest absolute Gasteiger partial charge is 0.353 e. The fourth-order valence-electron chi connectivity index (χ4n) is 3.62. The van der Waals surface area contributed by atoms with Gasteiger partial charge in [0.25, 0.3) is 0 Å². The maximum atomic E-state index is 12.8.